The summed E-state index contributed by atoms with van der Waals surface area (Å²) in [7, 11) is 0. The number of carbonyl (C=O) groups excluding carboxylic acids is 1. The van der Waals surface area contributed by atoms with Gasteiger partial charge in [0, 0.05) is 16.7 Å². The van der Waals surface area contributed by atoms with Gasteiger partial charge in [-0.05, 0) is 55.0 Å². The van der Waals surface area contributed by atoms with Crippen LogP contribution in [0.15, 0.2) is 48.6 Å². The second-order valence-corrected chi connectivity index (χ2v) is 7.83. The monoisotopic (exact) mass is 412 g/mol. The zero-order chi connectivity index (χ0) is 21.5. The van der Waals surface area contributed by atoms with Gasteiger partial charge in [0.05, 0.1) is 6.61 Å². The lowest BCUT2D eigenvalue weighted by Crippen LogP contribution is -2.08. The molecule has 1 N–H and O–H groups in total. The molecule has 160 valence electrons. The molecule has 1 aliphatic carbocycles. The van der Waals surface area contributed by atoms with Crippen LogP contribution in [0.2, 0.25) is 0 Å². The van der Waals surface area contributed by atoms with Crippen LogP contribution >= 0.6 is 0 Å². The standard InChI is InChI=1S/C25H29FO4/c1-17(2)25(28)30-16-21-14-20(9-11-24(21)29-13-12-27)22-10-8-19(15-23(22)26)18-6-4-3-5-7-18/h8-11,14-15,18,27H,1,3-7,12-13,16H2,2H3. The van der Waals surface area contributed by atoms with Gasteiger partial charge in [-0.1, -0.05) is 44.0 Å². The average molecular weight is 413 g/mol. The topological polar surface area (TPSA) is 55.8 Å². The molecule has 4 nitrogen and oxygen atoms in total. The molecule has 2 aromatic rings. The van der Waals surface area contributed by atoms with Crippen LogP contribution in [0.5, 0.6) is 5.75 Å². The minimum atomic E-state index is -0.503. The Labute approximate surface area is 177 Å². The molecule has 1 fully saturated rings. The van der Waals surface area contributed by atoms with E-state index in [0.29, 0.717) is 33.9 Å². The molecule has 0 radical (unpaired) electrons. The largest absolute Gasteiger partial charge is 0.491 e. The number of rotatable bonds is 8. The van der Waals surface area contributed by atoms with E-state index in [-0.39, 0.29) is 25.6 Å². The van der Waals surface area contributed by atoms with Gasteiger partial charge in [0.2, 0.25) is 0 Å². The third-order valence-corrected chi connectivity index (χ3v) is 5.50. The lowest BCUT2D eigenvalue weighted by Gasteiger charge is -2.22. The third-order valence-electron chi connectivity index (χ3n) is 5.50. The molecule has 0 aliphatic heterocycles. The normalized spacial score (nSPS) is 14.4. The molecular formula is C25H29FO4. The maximum atomic E-state index is 15.0. The van der Waals surface area contributed by atoms with Gasteiger partial charge in [0.25, 0.3) is 0 Å². The van der Waals surface area contributed by atoms with Crippen molar-refractivity contribution in [1.29, 1.82) is 0 Å². The summed E-state index contributed by atoms with van der Waals surface area (Å²) < 4.78 is 25.8. The molecule has 0 aromatic heterocycles. The molecule has 3 rings (SSSR count). The first-order valence-corrected chi connectivity index (χ1v) is 10.5. The summed E-state index contributed by atoms with van der Waals surface area (Å²) in [5.41, 5.74) is 3.14. The van der Waals surface area contributed by atoms with Crippen molar-refractivity contribution in [3.8, 4) is 16.9 Å². The van der Waals surface area contributed by atoms with E-state index >= 15 is 0 Å². The molecule has 0 spiro atoms. The second kappa shape index (κ2) is 10.4. The van der Waals surface area contributed by atoms with E-state index in [1.165, 1.54) is 19.3 Å². The first kappa shape index (κ1) is 22.0. The van der Waals surface area contributed by atoms with E-state index in [1.54, 1.807) is 31.2 Å². The van der Waals surface area contributed by atoms with Crippen LogP contribution in [0, 0.1) is 5.82 Å². The van der Waals surface area contributed by atoms with Crippen LogP contribution in [0.1, 0.15) is 56.1 Å². The van der Waals surface area contributed by atoms with Gasteiger partial charge >= 0.3 is 5.97 Å². The molecule has 30 heavy (non-hydrogen) atoms. The number of esters is 1. The zero-order valence-electron chi connectivity index (χ0n) is 17.5. The number of hydrogen-bond donors (Lipinski definition) is 1. The number of aliphatic hydroxyl groups excluding tert-OH is 1. The smallest absolute Gasteiger partial charge is 0.333 e. The Morgan fingerprint density at radius 2 is 1.93 bits per heavy atom. The van der Waals surface area contributed by atoms with E-state index < -0.39 is 5.97 Å². The summed E-state index contributed by atoms with van der Waals surface area (Å²) in [6.07, 6.45) is 5.91. The minimum Gasteiger partial charge on any atom is -0.491 e. The van der Waals surface area contributed by atoms with Crippen LogP contribution in [0.3, 0.4) is 0 Å². The Morgan fingerprint density at radius 1 is 1.17 bits per heavy atom. The van der Waals surface area contributed by atoms with Crippen molar-refractivity contribution in [3.05, 3.63) is 65.5 Å². The Morgan fingerprint density at radius 3 is 2.60 bits per heavy atom. The summed E-state index contributed by atoms with van der Waals surface area (Å²) in [6, 6.07) is 10.7. The van der Waals surface area contributed by atoms with Crippen molar-refractivity contribution in [1.82, 2.24) is 0 Å². The van der Waals surface area contributed by atoms with Gasteiger partial charge in [-0.15, -0.1) is 0 Å². The number of hydrogen-bond acceptors (Lipinski definition) is 4. The molecule has 0 bridgehead atoms. The van der Waals surface area contributed by atoms with Crippen molar-refractivity contribution in [2.45, 2.75) is 51.6 Å². The molecule has 0 unspecified atom stereocenters. The Kier molecular flexibility index (Phi) is 7.63. The highest BCUT2D eigenvalue weighted by molar-refractivity contribution is 5.87. The fraction of sp³-hybridized carbons (Fsp3) is 0.400. The molecule has 0 atom stereocenters. The highest BCUT2D eigenvalue weighted by Gasteiger charge is 2.18. The first-order chi connectivity index (χ1) is 14.5. The molecule has 0 saturated heterocycles. The third kappa shape index (κ3) is 5.48. The van der Waals surface area contributed by atoms with Crippen molar-refractivity contribution in [3.63, 3.8) is 0 Å². The first-order valence-electron chi connectivity index (χ1n) is 10.5. The van der Waals surface area contributed by atoms with Gasteiger partial charge < -0.3 is 14.6 Å². The molecule has 0 heterocycles. The summed E-state index contributed by atoms with van der Waals surface area (Å²) in [5, 5.41) is 9.04. The van der Waals surface area contributed by atoms with Crippen molar-refractivity contribution in [2.24, 2.45) is 0 Å². The zero-order valence-corrected chi connectivity index (χ0v) is 17.5. The summed E-state index contributed by atoms with van der Waals surface area (Å²) >= 11 is 0. The van der Waals surface area contributed by atoms with Crippen LogP contribution < -0.4 is 4.74 Å². The van der Waals surface area contributed by atoms with E-state index in [0.717, 1.165) is 18.4 Å². The highest BCUT2D eigenvalue weighted by Crippen LogP contribution is 2.35. The Bertz CT molecular complexity index is 900. The van der Waals surface area contributed by atoms with Gasteiger partial charge in [-0.25, -0.2) is 9.18 Å². The van der Waals surface area contributed by atoms with Crippen LogP contribution in [-0.2, 0) is 16.1 Å². The summed E-state index contributed by atoms with van der Waals surface area (Å²) in [4.78, 5) is 11.8. The predicted octanol–water partition coefficient (Wildman–Crippen LogP) is 5.53. The minimum absolute atomic E-state index is 0.0257. The van der Waals surface area contributed by atoms with Crippen molar-refractivity contribution >= 4 is 5.97 Å². The van der Waals surface area contributed by atoms with Crippen molar-refractivity contribution < 1.29 is 23.8 Å². The lowest BCUT2D eigenvalue weighted by atomic mass is 9.83. The van der Waals surface area contributed by atoms with E-state index in [9.17, 15) is 9.18 Å². The van der Waals surface area contributed by atoms with Crippen LogP contribution in [0.25, 0.3) is 11.1 Å². The highest BCUT2D eigenvalue weighted by atomic mass is 19.1. The lowest BCUT2D eigenvalue weighted by molar-refractivity contribution is -0.140. The molecular weight excluding hydrogens is 383 g/mol. The van der Waals surface area contributed by atoms with Gasteiger partial charge in [-0.3, -0.25) is 0 Å². The number of benzene rings is 2. The number of ether oxygens (including phenoxy) is 2. The van der Waals surface area contributed by atoms with Crippen LogP contribution in [0.4, 0.5) is 4.39 Å². The van der Waals surface area contributed by atoms with Crippen molar-refractivity contribution in [2.75, 3.05) is 13.2 Å². The maximum absolute atomic E-state index is 15.0. The maximum Gasteiger partial charge on any atom is 0.333 e. The van der Waals surface area contributed by atoms with E-state index in [4.69, 9.17) is 14.6 Å². The van der Waals surface area contributed by atoms with E-state index in [1.807, 2.05) is 12.1 Å². The van der Waals surface area contributed by atoms with E-state index in [2.05, 4.69) is 6.58 Å². The van der Waals surface area contributed by atoms with Gasteiger partial charge in [0.1, 0.15) is 24.8 Å². The Hall–Kier alpha value is -2.66. The summed E-state index contributed by atoms with van der Waals surface area (Å²) in [6.45, 7) is 5.10. The number of aliphatic hydroxyl groups is 1. The average Bonchev–Trinajstić information content (AvgIpc) is 2.76. The molecule has 1 saturated carbocycles. The summed E-state index contributed by atoms with van der Waals surface area (Å²) in [5.74, 6) is 0.165. The quantitative estimate of drug-likeness (QED) is 0.457. The van der Waals surface area contributed by atoms with Gasteiger partial charge in [-0.2, -0.15) is 0 Å². The van der Waals surface area contributed by atoms with Gasteiger partial charge in [0.15, 0.2) is 0 Å². The fourth-order valence-electron chi connectivity index (χ4n) is 3.88. The number of halogens is 1. The Balaban J connectivity index is 1.86. The molecule has 1 aliphatic rings. The SMILES string of the molecule is C=C(C)C(=O)OCc1cc(-c2ccc(C3CCCCC3)cc2F)ccc1OCCO. The van der Waals surface area contributed by atoms with Crippen LogP contribution in [-0.4, -0.2) is 24.3 Å². The fourth-order valence-corrected chi connectivity index (χ4v) is 3.88. The number of carbonyl (C=O) groups is 1. The molecule has 5 heteroatoms. The molecule has 2 aromatic carbocycles. The second-order valence-electron chi connectivity index (χ2n) is 7.83. The predicted molar refractivity (Wildman–Crippen MR) is 115 cm³/mol. The molecule has 0 amide bonds.